The van der Waals surface area contributed by atoms with Crippen molar-refractivity contribution in [2.24, 2.45) is 0 Å². The molecule has 0 aliphatic rings. The lowest BCUT2D eigenvalue weighted by atomic mass is 10.2. The molecule has 10 nitrogen and oxygen atoms in total. The maximum absolute atomic E-state index is 11.2. The maximum atomic E-state index is 11.2. The van der Waals surface area contributed by atoms with Gasteiger partial charge < -0.3 is 15.0 Å². The average molecular weight is 410 g/mol. The number of rotatable bonds is 5. The summed E-state index contributed by atoms with van der Waals surface area (Å²) in [6.07, 6.45) is 5.61. The lowest BCUT2D eigenvalue weighted by Gasteiger charge is -2.14. The first-order valence-electron chi connectivity index (χ1n) is 8.79. The minimum atomic E-state index is -1.14. The van der Waals surface area contributed by atoms with Gasteiger partial charge in [-0.1, -0.05) is 0 Å². The van der Waals surface area contributed by atoms with Gasteiger partial charge >= 0.3 is 6.09 Å². The lowest BCUT2D eigenvalue weighted by molar-refractivity contribution is 0.203. The van der Waals surface area contributed by atoms with Crippen LogP contribution in [0.15, 0.2) is 36.9 Å². The third kappa shape index (κ3) is 3.59. The molecule has 1 amide bonds. The minimum absolute atomic E-state index is 0.173. The SMILES string of the molecule is CC(C)n1ccc2cc(-c3nsc(Nc4nccnc4N(C)C(=O)O)n3)ncc21. The number of pyridine rings is 1. The summed E-state index contributed by atoms with van der Waals surface area (Å²) in [7, 11) is 1.39. The van der Waals surface area contributed by atoms with Crippen LogP contribution >= 0.6 is 11.5 Å². The summed E-state index contributed by atoms with van der Waals surface area (Å²) >= 11 is 1.13. The van der Waals surface area contributed by atoms with Gasteiger partial charge in [0.15, 0.2) is 17.5 Å². The molecule has 11 heteroatoms. The van der Waals surface area contributed by atoms with Gasteiger partial charge in [-0.05, 0) is 26.0 Å². The molecule has 148 valence electrons. The van der Waals surface area contributed by atoms with Crippen molar-refractivity contribution in [1.82, 2.24) is 28.9 Å². The standard InChI is InChI=1S/C18H18N8O2S/c1-10(2)26-7-4-11-8-12(21-9-13(11)26)14-22-17(29-24-14)23-15-16(20-6-5-19-15)25(3)18(27)28/h4-10H,1-3H3,(H,27,28)(H,19,22,23,24). The van der Waals surface area contributed by atoms with E-state index < -0.39 is 6.09 Å². The molecule has 0 bridgehead atoms. The Hall–Kier alpha value is -3.60. The normalized spacial score (nSPS) is 11.2. The van der Waals surface area contributed by atoms with Gasteiger partial charge in [0.05, 0.1) is 11.7 Å². The van der Waals surface area contributed by atoms with Gasteiger partial charge in [0, 0.05) is 48.6 Å². The van der Waals surface area contributed by atoms with E-state index in [1.807, 2.05) is 24.5 Å². The van der Waals surface area contributed by atoms with Crippen LogP contribution in [0.1, 0.15) is 19.9 Å². The van der Waals surface area contributed by atoms with Gasteiger partial charge in [-0.15, -0.1) is 0 Å². The van der Waals surface area contributed by atoms with Crippen molar-refractivity contribution in [3.8, 4) is 11.5 Å². The molecule has 2 N–H and O–H groups in total. The quantitative estimate of drug-likeness (QED) is 0.510. The van der Waals surface area contributed by atoms with E-state index in [0.29, 0.717) is 22.7 Å². The Kier molecular flexibility index (Phi) is 4.80. The molecule has 0 saturated carbocycles. The molecule has 0 unspecified atom stereocenters. The molecule has 0 aliphatic heterocycles. The van der Waals surface area contributed by atoms with Crippen LogP contribution in [0.5, 0.6) is 0 Å². The average Bonchev–Trinajstić information content (AvgIpc) is 3.34. The number of hydrogen-bond acceptors (Lipinski definition) is 8. The fraction of sp³-hybridized carbons (Fsp3) is 0.222. The van der Waals surface area contributed by atoms with Crippen molar-refractivity contribution in [3.05, 3.63) is 36.9 Å². The molecule has 4 aromatic rings. The zero-order valence-electron chi connectivity index (χ0n) is 15.9. The maximum Gasteiger partial charge on any atom is 0.412 e. The van der Waals surface area contributed by atoms with E-state index in [9.17, 15) is 9.90 Å². The van der Waals surface area contributed by atoms with E-state index in [-0.39, 0.29) is 11.6 Å². The first kappa shape index (κ1) is 18.7. The fourth-order valence-electron chi connectivity index (χ4n) is 2.86. The molecular weight excluding hydrogens is 392 g/mol. The Morgan fingerprint density at radius 3 is 2.83 bits per heavy atom. The highest BCUT2D eigenvalue weighted by atomic mass is 32.1. The minimum Gasteiger partial charge on any atom is -0.465 e. The van der Waals surface area contributed by atoms with Gasteiger partial charge in [0.2, 0.25) is 5.13 Å². The Labute approximate surface area is 170 Å². The van der Waals surface area contributed by atoms with Crippen LogP contribution in [-0.4, -0.2) is 47.1 Å². The monoisotopic (exact) mass is 410 g/mol. The molecule has 4 heterocycles. The number of carbonyl (C=O) groups is 1. The fourth-order valence-corrected chi connectivity index (χ4v) is 3.44. The number of fused-ring (bicyclic) bond motifs is 1. The number of anilines is 3. The second kappa shape index (κ2) is 7.43. The summed E-state index contributed by atoms with van der Waals surface area (Å²) in [6, 6.07) is 4.34. The number of nitrogens with one attached hydrogen (secondary N) is 1. The smallest absolute Gasteiger partial charge is 0.412 e. The molecule has 0 spiro atoms. The second-order valence-electron chi connectivity index (χ2n) is 6.56. The third-order valence-electron chi connectivity index (χ3n) is 4.33. The Bertz CT molecular complexity index is 1190. The third-order valence-corrected chi connectivity index (χ3v) is 4.96. The van der Waals surface area contributed by atoms with Crippen molar-refractivity contribution in [2.75, 3.05) is 17.3 Å². The van der Waals surface area contributed by atoms with Gasteiger partial charge in [-0.25, -0.2) is 14.8 Å². The van der Waals surface area contributed by atoms with Crippen molar-refractivity contribution in [1.29, 1.82) is 0 Å². The topological polar surface area (TPSA) is 122 Å². The van der Waals surface area contributed by atoms with E-state index in [0.717, 1.165) is 27.3 Å². The highest BCUT2D eigenvalue weighted by Gasteiger charge is 2.18. The van der Waals surface area contributed by atoms with Crippen LogP contribution in [0.2, 0.25) is 0 Å². The zero-order valence-corrected chi connectivity index (χ0v) is 16.8. The molecule has 0 aliphatic carbocycles. The highest BCUT2D eigenvalue weighted by molar-refractivity contribution is 7.09. The van der Waals surface area contributed by atoms with Crippen molar-refractivity contribution in [2.45, 2.75) is 19.9 Å². The van der Waals surface area contributed by atoms with Crippen LogP contribution in [0.3, 0.4) is 0 Å². The van der Waals surface area contributed by atoms with E-state index in [1.165, 1.54) is 19.4 Å². The summed E-state index contributed by atoms with van der Waals surface area (Å²) in [5, 5.41) is 13.7. The van der Waals surface area contributed by atoms with Gasteiger partial charge in [-0.2, -0.15) is 9.36 Å². The molecule has 29 heavy (non-hydrogen) atoms. The summed E-state index contributed by atoms with van der Waals surface area (Å²) in [5.41, 5.74) is 1.71. The van der Waals surface area contributed by atoms with Crippen LogP contribution < -0.4 is 10.2 Å². The van der Waals surface area contributed by atoms with E-state index >= 15 is 0 Å². The van der Waals surface area contributed by atoms with Crippen LogP contribution in [0.4, 0.5) is 21.6 Å². The second-order valence-corrected chi connectivity index (χ2v) is 7.32. The van der Waals surface area contributed by atoms with Crippen LogP contribution in [-0.2, 0) is 0 Å². The van der Waals surface area contributed by atoms with Crippen LogP contribution in [0, 0.1) is 0 Å². The Balaban J connectivity index is 1.61. The first-order valence-corrected chi connectivity index (χ1v) is 9.56. The number of nitrogens with zero attached hydrogens (tertiary/aromatic N) is 7. The molecule has 0 fully saturated rings. The number of carboxylic acid groups (broad SMARTS) is 1. The highest BCUT2D eigenvalue weighted by Crippen LogP contribution is 2.28. The van der Waals surface area contributed by atoms with Crippen LogP contribution in [0.25, 0.3) is 22.4 Å². The molecule has 4 rings (SSSR count). The number of aromatic nitrogens is 6. The molecule has 0 radical (unpaired) electrons. The summed E-state index contributed by atoms with van der Waals surface area (Å²) in [5.74, 6) is 0.928. The van der Waals surface area contributed by atoms with E-state index in [4.69, 9.17) is 0 Å². The van der Waals surface area contributed by atoms with Crippen molar-refractivity contribution >= 4 is 45.3 Å². The lowest BCUT2D eigenvalue weighted by Crippen LogP contribution is -2.25. The predicted octanol–water partition coefficient (Wildman–Crippen LogP) is 3.78. The Morgan fingerprint density at radius 1 is 1.28 bits per heavy atom. The van der Waals surface area contributed by atoms with Gasteiger partial charge in [0.1, 0.15) is 5.69 Å². The first-order chi connectivity index (χ1) is 13.9. The molecule has 4 aromatic heterocycles. The Morgan fingerprint density at radius 2 is 2.07 bits per heavy atom. The summed E-state index contributed by atoms with van der Waals surface area (Å²) in [4.78, 5) is 29.4. The summed E-state index contributed by atoms with van der Waals surface area (Å²) < 4.78 is 6.52. The van der Waals surface area contributed by atoms with Crippen molar-refractivity contribution in [3.63, 3.8) is 0 Å². The zero-order chi connectivity index (χ0) is 20.5. The molecular formula is C18H18N8O2S. The molecule has 0 atom stereocenters. The molecule has 0 saturated heterocycles. The van der Waals surface area contributed by atoms with Gasteiger partial charge in [-0.3, -0.25) is 9.88 Å². The number of hydrogen-bond donors (Lipinski definition) is 2. The van der Waals surface area contributed by atoms with E-state index in [2.05, 4.69) is 48.0 Å². The van der Waals surface area contributed by atoms with Crippen molar-refractivity contribution < 1.29 is 9.90 Å². The summed E-state index contributed by atoms with van der Waals surface area (Å²) in [6.45, 7) is 4.24. The predicted molar refractivity (Wildman–Crippen MR) is 111 cm³/mol. The van der Waals surface area contributed by atoms with Gasteiger partial charge in [0.25, 0.3) is 0 Å². The van der Waals surface area contributed by atoms with E-state index in [1.54, 1.807) is 0 Å². The molecule has 0 aromatic carbocycles. The number of amides is 1. The largest absolute Gasteiger partial charge is 0.465 e.